The van der Waals surface area contributed by atoms with E-state index in [2.05, 4.69) is 10.2 Å². The van der Waals surface area contributed by atoms with Gasteiger partial charge in [0.15, 0.2) is 17.9 Å². The molecule has 0 unspecified atom stereocenters. The van der Waals surface area contributed by atoms with Crippen LogP contribution in [0.15, 0.2) is 30.3 Å². The summed E-state index contributed by atoms with van der Waals surface area (Å²) in [7, 11) is 0. The molecule has 140 valence electrons. The predicted octanol–water partition coefficient (Wildman–Crippen LogP) is 2.81. The van der Waals surface area contributed by atoms with Crippen LogP contribution in [-0.2, 0) is 4.84 Å². The van der Waals surface area contributed by atoms with Gasteiger partial charge in [0.2, 0.25) is 0 Å². The Kier molecular flexibility index (Phi) is 7.20. The van der Waals surface area contributed by atoms with Crippen LogP contribution in [0.5, 0.6) is 0 Å². The summed E-state index contributed by atoms with van der Waals surface area (Å²) < 4.78 is 42.3. The molecule has 2 aromatic carbocycles. The van der Waals surface area contributed by atoms with Crippen LogP contribution < -0.4 is 10.8 Å². The fourth-order valence-electron chi connectivity index (χ4n) is 1.93. The zero-order valence-corrected chi connectivity index (χ0v) is 15.3. The number of nitrogens with one attached hydrogen (secondary N) is 2. The summed E-state index contributed by atoms with van der Waals surface area (Å²) in [4.78, 5) is 16.7. The van der Waals surface area contributed by atoms with Gasteiger partial charge < -0.3 is 15.5 Å². The summed E-state index contributed by atoms with van der Waals surface area (Å²) in [6.07, 6.45) is -1.66. The minimum Gasteiger partial charge on any atom is -0.396 e. The number of carbonyl (C=O) groups excluding carboxylic acids is 1. The number of amides is 1. The number of benzene rings is 2. The Balaban J connectivity index is 2.30. The molecule has 0 spiro atoms. The van der Waals surface area contributed by atoms with Crippen molar-refractivity contribution in [3.8, 4) is 0 Å². The lowest BCUT2D eigenvalue weighted by Gasteiger charge is -2.15. The van der Waals surface area contributed by atoms with Gasteiger partial charge in [-0.15, -0.1) is 0 Å². The predicted molar refractivity (Wildman–Crippen MR) is 95.0 cm³/mol. The van der Waals surface area contributed by atoms with Crippen LogP contribution in [0.1, 0.15) is 16.8 Å². The Morgan fingerprint density at radius 2 is 1.92 bits per heavy atom. The van der Waals surface area contributed by atoms with Gasteiger partial charge in [0.05, 0.1) is 16.9 Å². The number of hydrogen-bond acceptors (Lipinski definition) is 5. The van der Waals surface area contributed by atoms with Gasteiger partial charge in [-0.05, 0) is 52.9 Å². The lowest BCUT2D eigenvalue weighted by atomic mass is 10.1. The van der Waals surface area contributed by atoms with Crippen LogP contribution in [0.25, 0.3) is 0 Å². The van der Waals surface area contributed by atoms with E-state index < -0.39 is 35.3 Å². The summed E-state index contributed by atoms with van der Waals surface area (Å²) in [6, 6.07) is 5.72. The van der Waals surface area contributed by atoms with E-state index in [-0.39, 0.29) is 24.3 Å². The Hall–Kier alpha value is -1.89. The number of anilines is 2. The van der Waals surface area contributed by atoms with Crippen LogP contribution in [0.3, 0.4) is 0 Å². The second kappa shape index (κ2) is 9.16. The number of halogens is 4. The molecule has 0 aliphatic heterocycles. The standard InChI is InChI=1S/C16H14F3IN2O4/c17-10-3-2-9(16(25)22-26-13(24)5-6-23)15(14(10)19)21-12-4-1-8(20)7-11(12)18/h1-4,7,13,21,23-24H,5-6H2,(H,22,25)/t13-/m1/s1. The number of rotatable bonds is 7. The highest BCUT2D eigenvalue weighted by molar-refractivity contribution is 14.1. The highest BCUT2D eigenvalue weighted by Gasteiger charge is 2.21. The van der Waals surface area contributed by atoms with E-state index in [1.807, 2.05) is 28.1 Å². The molecule has 0 aliphatic rings. The van der Waals surface area contributed by atoms with Crippen molar-refractivity contribution in [3.05, 3.63) is 56.9 Å². The molecule has 2 aromatic rings. The lowest BCUT2D eigenvalue weighted by Crippen LogP contribution is -2.30. The number of carbonyl (C=O) groups is 1. The van der Waals surface area contributed by atoms with E-state index in [0.29, 0.717) is 3.57 Å². The zero-order chi connectivity index (χ0) is 19.3. The monoisotopic (exact) mass is 482 g/mol. The van der Waals surface area contributed by atoms with Gasteiger partial charge in [0.25, 0.3) is 5.91 Å². The van der Waals surface area contributed by atoms with Crippen LogP contribution in [0, 0.1) is 21.0 Å². The second-order valence-electron chi connectivity index (χ2n) is 5.05. The Labute approximate surface area is 160 Å². The van der Waals surface area contributed by atoms with Gasteiger partial charge in [0, 0.05) is 16.6 Å². The maximum atomic E-state index is 14.2. The number of aliphatic hydroxyl groups excluding tert-OH is 2. The first kappa shape index (κ1) is 20.4. The van der Waals surface area contributed by atoms with E-state index in [1.165, 1.54) is 18.2 Å². The summed E-state index contributed by atoms with van der Waals surface area (Å²) >= 11 is 1.88. The molecule has 1 atom stereocenters. The van der Waals surface area contributed by atoms with E-state index in [9.17, 15) is 23.1 Å². The number of hydroxylamine groups is 1. The van der Waals surface area contributed by atoms with Gasteiger partial charge in [-0.1, -0.05) is 0 Å². The second-order valence-corrected chi connectivity index (χ2v) is 6.29. The Morgan fingerprint density at radius 1 is 1.19 bits per heavy atom. The quantitative estimate of drug-likeness (QED) is 0.277. The lowest BCUT2D eigenvalue weighted by molar-refractivity contribution is -0.141. The zero-order valence-electron chi connectivity index (χ0n) is 13.1. The van der Waals surface area contributed by atoms with Crippen LogP contribution in [-0.4, -0.2) is 29.0 Å². The molecular weight excluding hydrogens is 468 g/mol. The molecule has 0 radical (unpaired) electrons. The fraction of sp³-hybridized carbons (Fsp3) is 0.188. The Bertz CT molecular complexity index is 807. The first-order valence-corrected chi connectivity index (χ1v) is 8.36. The molecule has 0 aliphatic carbocycles. The highest BCUT2D eigenvalue weighted by atomic mass is 127. The average Bonchev–Trinajstić information content (AvgIpc) is 2.59. The summed E-state index contributed by atoms with van der Waals surface area (Å²) in [5, 5.41) is 20.3. The average molecular weight is 482 g/mol. The topological polar surface area (TPSA) is 90.8 Å². The van der Waals surface area contributed by atoms with E-state index in [1.54, 1.807) is 0 Å². The number of aliphatic hydroxyl groups is 2. The van der Waals surface area contributed by atoms with Gasteiger partial charge >= 0.3 is 0 Å². The summed E-state index contributed by atoms with van der Waals surface area (Å²) in [6.45, 7) is -0.388. The molecule has 6 nitrogen and oxygen atoms in total. The van der Waals surface area contributed by atoms with Crippen molar-refractivity contribution >= 4 is 39.9 Å². The molecule has 0 bridgehead atoms. The Morgan fingerprint density at radius 3 is 2.58 bits per heavy atom. The van der Waals surface area contributed by atoms with Crippen molar-refractivity contribution in [2.24, 2.45) is 0 Å². The van der Waals surface area contributed by atoms with E-state index >= 15 is 0 Å². The first-order valence-electron chi connectivity index (χ1n) is 7.28. The van der Waals surface area contributed by atoms with Crippen molar-refractivity contribution in [2.45, 2.75) is 12.7 Å². The third-order valence-corrected chi connectivity index (χ3v) is 3.86. The molecule has 0 fully saturated rings. The molecular formula is C16H14F3IN2O4. The normalized spacial score (nSPS) is 11.9. The van der Waals surface area contributed by atoms with Gasteiger partial charge in [-0.2, -0.15) is 0 Å². The van der Waals surface area contributed by atoms with Gasteiger partial charge in [0.1, 0.15) is 5.82 Å². The fourth-order valence-corrected chi connectivity index (χ4v) is 2.39. The van der Waals surface area contributed by atoms with Crippen molar-refractivity contribution in [1.82, 2.24) is 5.48 Å². The third kappa shape index (κ3) is 5.06. The maximum absolute atomic E-state index is 14.2. The van der Waals surface area contributed by atoms with E-state index in [0.717, 1.165) is 12.1 Å². The van der Waals surface area contributed by atoms with Crippen LogP contribution >= 0.6 is 22.6 Å². The van der Waals surface area contributed by atoms with Gasteiger partial charge in [-0.3, -0.25) is 4.79 Å². The van der Waals surface area contributed by atoms with Crippen molar-refractivity contribution in [3.63, 3.8) is 0 Å². The molecule has 0 heterocycles. The third-order valence-electron chi connectivity index (χ3n) is 3.19. The summed E-state index contributed by atoms with van der Waals surface area (Å²) in [5.74, 6) is -4.35. The molecule has 4 N–H and O–H groups in total. The van der Waals surface area contributed by atoms with Crippen LogP contribution in [0.4, 0.5) is 24.5 Å². The molecule has 10 heteroatoms. The molecule has 2 rings (SSSR count). The van der Waals surface area contributed by atoms with Crippen molar-refractivity contribution < 1.29 is 33.0 Å². The minimum atomic E-state index is -1.49. The maximum Gasteiger partial charge on any atom is 0.277 e. The molecule has 0 aromatic heterocycles. The molecule has 0 saturated heterocycles. The minimum absolute atomic E-state index is 0.162. The highest BCUT2D eigenvalue weighted by Crippen LogP contribution is 2.28. The molecule has 26 heavy (non-hydrogen) atoms. The molecule has 0 saturated carbocycles. The SMILES string of the molecule is O=C(NO[C@@H](O)CCO)c1ccc(F)c(F)c1Nc1ccc(I)cc1F. The van der Waals surface area contributed by atoms with Crippen LogP contribution in [0.2, 0.25) is 0 Å². The largest absolute Gasteiger partial charge is 0.396 e. The van der Waals surface area contributed by atoms with Gasteiger partial charge in [-0.25, -0.2) is 23.5 Å². The smallest absolute Gasteiger partial charge is 0.277 e. The number of hydrogen-bond donors (Lipinski definition) is 4. The first-order chi connectivity index (χ1) is 12.3. The van der Waals surface area contributed by atoms with E-state index in [4.69, 9.17) is 5.11 Å². The summed E-state index contributed by atoms with van der Waals surface area (Å²) in [5.41, 5.74) is 0.723. The van der Waals surface area contributed by atoms with Crippen molar-refractivity contribution in [1.29, 1.82) is 0 Å². The van der Waals surface area contributed by atoms with Crippen molar-refractivity contribution in [2.75, 3.05) is 11.9 Å². The molecule has 1 amide bonds.